The first-order valence-electron chi connectivity index (χ1n) is 8.70. The first-order valence-corrected chi connectivity index (χ1v) is 8.70. The number of nitrogens with zero attached hydrogens (tertiary/aromatic N) is 1. The van der Waals surface area contributed by atoms with Crippen LogP contribution in [0, 0.1) is 0 Å². The van der Waals surface area contributed by atoms with Crippen molar-refractivity contribution in [3.8, 4) is 0 Å². The molecule has 0 unspecified atom stereocenters. The van der Waals surface area contributed by atoms with Crippen LogP contribution in [0.2, 0.25) is 0 Å². The summed E-state index contributed by atoms with van der Waals surface area (Å²) in [7, 11) is 0. The minimum absolute atomic E-state index is 0.360. The highest BCUT2D eigenvalue weighted by atomic mass is 16.5. The summed E-state index contributed by atoms with van der Waals surface area (Å²) in [6.45, 7) is 6.25. The van der Waals surface area contributed by atoms with Gasteiger partial charge in [-0.2, -0.15) is 0 Å². The van der Waals surface area contributed by atoms with Gasteiger partial charge in [-0.3, -0.25) is 4.79 Å². The van der Waals surface area contributed by atoms with E-state index in [2.05, 4.69) is 28.9 Å². The van der Waals surface area contributed by atoms with Crippen LogP contribution >= 0.6 is 0 Å². The fraction of sp³-hybridized carbons (Fsp3) is 0.238. The third-order valence-electron chi connectivity index (χ3n) is 4.32. The van der Waals surface area contributed by atoms with Crippen molar-refractivity contribution in [3.05, 3.63) is 54.6 Å². The minimum Gasteiger partial charge on any atom is -0.449 e. The summed E-state index contributed by atoms with van der Waals surface area (Å²) in [6.07, 6.45) is 1.99. The number of hydrogen-bond donors (Lipinski definition) is 1. The number of aryl methyl sites for hydroxylation is 1. The second-order valence-corrected chi connectivity index (χ2v) is 6.06. The molecule has 0 aliphatic heterocycles. The highest BCUT2D eigenvalue weighted by molar-refractivity contribution is 6.10. The van der Waals surface area contributed by atoms with Gasteiger partial charge in [0.15, 0.2) is 6.10 Å². The Hall–Kier alpha value is -3.08. The number of aromatic nitrogens is 1. The maximum atomic E-state index is 12.3. The van der Waals surface area contributed by atoms with Crippen molar-refractivity contribution in [2.45, 2.75) is 33.4 Å². The maximum Gasteiger partial charge on any atom is 0.331 e. The lowest BCUT2D eigenvalue weighted by molar-refractivity contribution is -0.148. The van der Waals surface area contributed by atoms with Crippen LogP contribution in [0.15, 0.2) is 54.6 Å². The van der Waals surface area contributed by atoms with Gasteiger partial charge in [0.25, 0.3) is 5.91 Å². The Bertz CT molecular complexity index is 1000. The Labute approximate surface area is 152 Å². The maximum absolute atomic E-state index is 12.3. The lowest BCUT2D eigenvalue weighted by Gasteiger charge is -2.12. The Balaban J connectivity index is 1.89. The number of amides is 1. The second kappa shape index (κ2) is 7.44. The standard InChI is InChI=1S/C21H22N2O3/c1-4-8-20(24)26-14(3)21(25)22-15-11-12-19-17(13-15)16-9-6-7-10-18(16)23(19)5-2/h4,6-14H,5H2,1-3H3,(H,22,25)/b8-4+/t14-/m0/s1. The van der Waals surface area contributed by atoms with E-state index in [1.165, 1.54) is 11.6 Å². The molecule has 2 aromatic carbocycles. The molecule has 1 heterocycles. The van der Waals surface area contributed by atoms with E-state index in [1.807, 2.05) is 30.3 Å². The number of fused-ring (bicyclic) bond motifs is 3. The molecule has 5 heteroatoms. The molecule has 1 N–H and O–H groups in total. The first kappa shape index (κ1) is 17.7. The lowest BCUT2D eigenvalue weighted by Crippen LogP contribution is -2.29. The quantitative estimate of drug-likeness (QED) is 0.552. The van der Waals surface area contributed by atoms with Crippen molar-refractivity contribution >= 4 is 39.4 Å². The molecule has 3 aromatic rings. The number of ether oxygens (including phenoxy) is 1. The summed E-state index contributed by atoms with van der Waals surface area (Å²) in [4.78, 5) is 23.8. The molecule has 26 heavy (non-hydrogen) atoms. The third-order valence-corrected chi connectivity index (χ3v) is 4.32. The van der Waals surface area contributed by atoms with E-state index < -0.39 is 12.1 Å². The zero-order valence-electron chi connectivity index (χ0n) is 15.2. The summed E-state index contributed by atoms with van der Waals surface area (Å²) >= 11 is 0. The van der Waals surface area contributed by atoms with Gasteiger partial charge >= 0.3 is 5.97 Å². The molecule has 0 spiro atoms. The van der Waals surface area contributed by atoms with Crippen molar-refractivity contribution in [2.75, 3.05) is 5.32 Å². The fourth-order valence-corrected chi connectivity index (χ4v) is 3.12. The molecule has 1 atom stereocenters. The van der Waals surface area contributed by atoms with E-state index in [0.717, 1.165) is 22.8 Å². The predicted molar refractivity (Wildman–Crippen MR) is 104 cm³/mol. The molecule has 5 nitrogen and oxygen atoms in total. The zero-order chi connectivity index (χ0) is 18.7. The number of benzene rings is 2. The molecule has 0 bridgehead atoms. The molecule has 0 saturated carbocycles. The number of hydrogen-bond acceptors (Lipinski definition) is 3. The number of para-hydroxylation sites is 1. The second-order valence-electron chi connectivity index (χ2n) is 6.06. The van der Waals surface area contributed by atoms with Crippen molar-refractivity contribution in [1.29, 1.82) is 0 Å². The van der Waals surface area contributed by atoms with Gasteiger partial charge in [-0.1, -0.05) is 24.3 Å². The van der Waals surface area contributed by atoms with Crippen molar-refractivity contribution < 1.29 is 14.3 Å². The predicted octanol–water partition coefficient (Wildman–Crippen LogP) is 4.26. The van der Waals surface area contributed by atoms with Crippen LogP contribution in [-0.4, -0.2) is 22.5 Å². The van der Waals surface area contributed by atoms with E-state index in [0.29, 0.717) is 5.69 Å². The number of esters is 1. The fourth-order valence-electron chi connectivity index (χ4n) is 3.12. The van der Waals surface area contributed by atoms with E-state index >= 15 is 0 Å². The molecule has 3 rings (SSSR count). The molecule has 1 aromatic heterocycles. The van der Waals surface area contributed by atoms with Gasteiger partial charge in [0.05, 0.1) is 0 Å². The van der Waals surface area contributed by atoms with E-state index in [4.69, 9.17) is 4.74 Å². The Morgan fingerprint density at radius 2 is 1.88 bits per heavy atom. The SMILES string of the molecule is C/C=C/C(=O)O[C@@H](C)C(=O)Nc1ccc2c(c1)c1ccccc1n2CC. The van der Waals surface area contributed by atoms with Crippen LogP contribution in [0.1, 0.15) is 20.8 Å². The smallest absolute Gasteiger partial charge is 0.331 e. The van der Waals surface area contributed by atoms with E-state index in [-0.39, 0.29) is 5.91 Å². The topological polar surface area (TPSA) is 60.3 Å². The highest BCUT2D eigenvalue weighted by Crippen LogP contribution is 2.31. The highest BCUT2D eigenvalue weighted by Gasteiger charge is 2.17. The van der Waals surface area contributed by atoms with Crippen LogP contribution in [0.25, 0.3) is 21.8 Å². The third kappa shape index (κ3) is 3.33. The summed E-state index contributed by atoms with van der Waals surface area (Å²) in [6, 6.07) is 14.0. The van der Waals surface area contributed by atoms with E-state index in [9.17, 15) is 9.59 Å². The van der Waals surface area contributed by atoms with Crippen molar-refractivity contribution in [3.63, 3.8) is 0 Å². The molecular weight excluding hydrogens is 328 g/mol. The molecule has 0 aliphatic carbocycles. The Morgan fingerprint density at radius 3 is 2.62 bits per heavy atom. The monoisotopic (exact) mass is 350 g/mol. The van der Waals surface area contributed by atoms with Crippen LogP contribution in [0.5, 0.6) is 0 Å². The van der Waals surface area contributed by atoms with Gasteiger partial charge in [0.2, 0.25) is 0 Å². The van der Waals surface area contributed by atoms with Crippen LogP contribution in [0.3, 0.4) is 0 Å². The van der Waals surface area contributed by atoms with Gasteiger partial charge < -0.3 is 14.6 Å². The van der Waals surface area contributed by atoms with Gasteiger partial charge in [-0.05, 0) is 45.0 Å². The Kier molecular flexibility index (Phi) is 5.07. The number of nitrogens with one attached hydrogen (secondary N) is 1. The summed E-state index contributed by atoms with van der Waals surface area (Å²) in [5.41, 5.74) is 2.97. The van der Waals surface area contributed by atoms with Crippen LogP contribution < -0.4 is 5.32 Å². The van der Waals surface area contributed by atoms with Gasteiger partial charge in [-0.25, -0.2) is 4.79 Å². The van der Waals surface area contributed by atoms with Crippen molar-refractivity contribution in [1.82, 2.24) is 4.57 Å². The average molecular weight is 350 g/mol. The molecule has 0 saturated heterocycles. The Morgan fingerprint density at radius 1 is 1.15 bits per heavy atom. The summed E-state index contributed by atoms with van der Waals surface area (Å²) in [5.74, 6) is -0.891. The minimum atomic E-state index is -0.869. The van der Waals surface area contributed by atoms with Gasteiger partial charge in [0.1, 0.15) is 0 Å². The van der Waals surface area contributed by atoms with Gasteiger partial charge in [-0.15, -0.1) is 0 Å². The number of carbonyl (C=O) groups is 2. The number of carbonyl (C=O) groups excluding carboxylic acids is 2. The van der Waals surface area contributed by atoms with E-state index in [1.54, 1.807) is 19.9 Å². The number of rotatable bonds is 5. The average Bonchev–Trinajstić information content (AvgIpc) is 2.95. The number of allylic oxidation sites excluding steroid dienone is 1. The largest absolute Gasteiger partial charge is 0.449 e. The molecular formula is C21H22N2O3. The lowest BCUT2D eigenvalue weighted by atomic mass is 10.1. The van der Waals surface area contributed by atoms with Crippen LogP contribution in [-0.2, 0) is 20.9 Å². The summed E-state index contributed by atoms with van der Waals surface area (Å²) < 4.78 is 7.31. The molecule has 0 radical (unpaired) electrons. The molecule has 1 amide bonds. The first-order chi connectivity index (χ1) is 12.5. The molecule has 0 fully saturated rings. The molecule has 134 valence electrons. The normalized spacial score (nSPS) is 12.6. The van der Waals surface area contributed by atoms with Crippen LogP contribution in [0.4, 0.5) is 5.69 Å². The van der Waals surface area contributed by atoms with Crippen molar-refractivity contribution in [2.24, 2.45) is 0 Å². The summed E-state index contributed by atoms with van der Waals surface area (Å²) in [5, 5.41) is 5.05. The molecule has 0 aliphatic rings. The number of anilines is 1. The van der Waals surface area contributed by atoms with Gasteiger partial charge in [0, 0.05) is 40.1 Å². The zero-order valence-corrected chi connectivity index (χ0v) is 15.2.